The Morgan fingerprint density at radius 3 is 2.62 bits per heavy atom. The fourth-order valence-electron chi connectivity index (χ4n) is 1.79. The number of hydrogen-bond acceptors (Lipinski definition) is 4. The van der Waals surface area contributed by atoms with Crippen LogP contribution in [0.2, 0.25) is 5.02 Å². The monoisotopic (exact) mass is 313 g/mol. The number of amides is 1. The van der Waals surface area contributed by atoms with Crippen molar-refractivity contribution in [2.24, 2.45) is 5.92 Å². The average Bonchev–Trinajstić information content (AvgIpc) is 2.44. The lowest BCUT2D eigenvalue weighted by Gasteiger charge is -2.23. The summed E-state index contributed by atoms with van der Waals surface area (Å²) in [6.45, 7) is 3.70. The predicted molar refractivity (Wildman–Crippen MR) is 81.5 cm³/mol. The molecule has 1 aromatic heterocycles. The summed E-state index contributed by atoms with van der Waals surface area (Å²) in [5, 5.41) is 12.2. The van der Waals surface area contributed by atoms with Crippen molar-refractivity contribution in [1.82, 2.24) is 10.3 Å². The van der Waals surface area contributed by atoms with E-state index in [9.17, 15) is 9.59 Å². The van der Waals surface area contributed by atoms with Crippen LogP contribution in [0.15, 0.2) is 18.3 Å². The largest absolute Gasteiger partial charge is 0.480 e. The topological polar surface area (TPSA) is 82.5 Å². The Balaban J connectivity index is 2.63. The van der Waals surface area contributed by atoms with Crippen LogP contribution in [0, 0.1) is 5.92 Å². The molecule has 7 heteroatoms. The lowest BCUT2D eigenvalue weighted by atomic mass is 9.99. The van der Waals surface area contributed by atoms with Gasteiger partial charge < -0.3 is 15.3 Å². The first-order valence-corrected chi connectivity index (χ1v) is 7.07. The number of halogens is 1. The zero-order valence-corrected chi connectivity index (χ0v) is 13.1. The van der Waals surface area contributed by atoms with E-state index in [1.54, 1.807) is 31.0 Å². The third-order valence-electron chi connectivity index (χ3n) is 3.28. The van der Waals surface area contributed by atoms with Crippen LogP contribution < -0.4 is 10.2 Å². The molecule has 0 spiro atoms. The van der Waals surface area contributed by atoms with Crippen LogP contribution in [0.1, 0.15) is 20.3 Å². The van der Waals surface area contributed by atoms with Gasteiger partial charge in [0.2, 0.25) is 5.91 Å². The van der Waals surface area contributed by atoms with Gasteiger partial charge in [-0.05, 0) is 18.1 Å². The second kappa shape index (κ2) is 7.83. The summed E-state index contributed by atoms with van der Waals surface area (Å²) >= 11 is 5.75. The van der Waals surface area contributed by atoms with Gasteiger partial charge in [0.25, 0.3) is 0 Å². The molecule has 0 aliphatic heterocycles. The van der Waals surface area contributed by atoms with Crippen LogP contribution in [0.5, 0.6) is 0 Å². The lowest BCUT2D eigenvalue weighted by molar-refractivity contribution is -0.143. The molecule has 0 saturated carbocycles. The van der Waals surface area contributed by atoms with E-state index in [0.29, 0.717) is 17.3 Å². The van der Waals surface area contributed by atoms with Gasteiger partial charge in [0.1, 0.15) is 11.9 Å². The molecule has 1 heterocycles. The van der Waals surface area contributed by atoms with Crippen LogP contribution in [-0.4, -0.2) is 41.6 Å². The Morgan fingerprint density at radius 2 is 2.14 bits per heavy atom. The summed E-state index contributed by atoms with van der Waals surface area (Å²) in [7, 11) is 1.70. The number of carboxylic acid groups (broad SMARTS) is 1. The van der Waals surface area contributed by atoms with Gasteiger partial charge in [-0.2, -0.15) is 0 Å². The van der Waals surface area contributed by atoms with Crippen LogP contribution in [0.4, 0.5) is 5.82 Å². The Hall–Kier alpha value is -1.82. The Morgan fingerprint density at radius 1 is 1.48 bits per heavy atom. The molecule has 6 nitrogen and oxygen atoms in total. The molecule has 116 valence electrons. The Labute approximate surface area is 129 Å². The van der Waals surface area contributed by atoms with E-state index in [2.05, 4.69) is 10.3 Å². The number of aliphatic carboxylic acids is 1. The molecule has 0 aliphatic rings. The zero-order valence-electron chi connectivity index (χ0n) is 12.3. The molecule has 0 saturated heterocycles. The van der Waals surface area contributed by atoms with Crippen molar-refractivity contribution >= 4 is 29.3 Å². The molecule has 2 atom stereocenters. The molecule has 2 N–H and O–H groups in total. The first kappa shape index (κ1) is 17.2. The van der Waals surface area contributed by atoms with E-state index in [-0.39, 0.29) is 18.4 Å². The SMILES string of the molecule is CC[C@H](C)[C@H](NC(=O)CN(C)c1ccc(Cl)cn1)C(=O)O. The summed E-state index contributed by atoms with van der Waals surface area (Å²) in [5.41, 5.74) is 0. The van der Waals surface area contributed by atoms with Gasteiger partial charge >= 0.3 is 5.97 Å². The first-order chi connectivity index (χ1) is 9.85. The number of nitrogens with zero attached hydrogens (tertiary/aromatic N) is 2. The molecule has 1 rings (SSSR count). The Bertz CT molecular complexity index is 493. The van der Waals surface area contributed by atoms with Gasteiger partial charge in [0.05, 0.1) is 11.6 Å². The minimum Gasteiger partial charge on any atom is -0.480 e. The molecule has 0 radical (unpaired) electrons. The number of pyridine rings is 1. The third kappa shape index (κ3) is 5.23. The van der Waals surface area contributed by atoms with E-state index in [0.717, 1.165) is 0 Å². The van der Waals surface area contributed by atoms with E-state index >= 15 is 0 Å². The van der Waals surface area contributed by atoms with Crippen molar-refractivity contribution in [3.8, 4) is 0 Å². The number of carbonyl (C=O) groups excluding carboxylic acids is 1. The van der Waals surface area contributed by atoms with E-state index in [1.807, 2.05) is 6.92 Å². The maximum Gasteiger partial charge on any atom is 0.326 e. The highest BCUT2D eigenvalue weighted by Gasteiger charge is 2.25. The number of aromatic nitrogens is 1. The number of carboxylic acids is 1. The maximum absolute atomic E-state index is 12.0. The molecule has 0 bridgehead atoms. The quantitative estimate of drug-likeness (QED) is 0.802. The van der Waals surface area contributed by atoms with Crippen molar-refractivity contribution in [1.29, 1.82) is 0 Å². The van der Waals surface area contributed by atoms with Crippen molar-refractivity contribution in [2.45, 2.75) is 26.3 Å². The van der Waals surface area contributed by atoms with Gasteiger partial charge in [-0.25, -0.2) is 9.78 Å². The van der Waals surface area contributed by atoms with E-state index in [4.69, 9.17) is 16.7 Å². The summed E-state index contributed by atoms with van der Waals surface area (Å²) in [5.74, 6) is -0.928. The van der Waals surface area contributed by atoms with Crippen molar-refractivity contribution in [3.63, 3.8) is 0 Å². The summed E-state index contributed by atoms with van der Waals surface area (Å²) in [6.07, 6.45) is 2.16. The van der Waals surface area contributed by atoms with E-state index in [1.165, 1.54) is 6.20 Å². The minimum atomic E-state index is -1.02. The third-order valence-corrected chi connectivity index (χ3v) is 3.50. The zero-order chi connectivity index (χ0) is 16.0. The number of nitrogens with one attached hydrogen (secondary N) is 1. The molecule has 21 heavy (non-hydrogen) atoms. The molecular weight excluding hydrogens is 294 g/mol. The minimum absolute atomic E-state index is 0.0227. The number of hydrogen-bond donors (Lipinski definition) is 2. The van der Waals surface area contributed by atoms with Gasteiger partial charge in [-0.1, -0.05) is 31.9 Å². The lowest BCUT2D eigenvalue weighted by Crippen LogP contribution is -2.48. The molecule has 1 amide bonds. The van der Waals surface area contributed by atoms with Gasteiger partial charge in [0, 0.05) is 13.2 Å². The number of anilines is 1. The fraction of sp³-hybridized carbons (Fsp3) is 0.500. The molecule has 1 aromatic rings. The number of likely N-dealkylation sites (N-methyl/N-ethyl adjacent to an activating group) is 1. The van der Waals surface area contributed by atoms with Crippen LogP contribution in [-0.2, 0) is 9.59 Å². The summed E-state index contributed by atoms with van der Waals surface area (Å²) < 4.78 is 0. The Kier molecular flexibility index (Phi) is 6.42. The molecular formula is C14H20ClN3O3. The molecule has 0 unspecified atom stereocenters. The molecule has 0 aliphatic carbocycles. The highest BCUT2D eigenvalue weighted by molar-refractivity contribution is 6.30. The number of carbonyl (C=O) groups is 2. The van der Waals surface area contributed by atoms with Crippen LogP contribution in [0.25, 0.3) is 0 Å². The molecule has 0 aromatic carbocycles. The van der Waals surface area contributed by atoms with Gasteiger partial charge in [-0.15, -0.1) is 0 Å². The van der Waals surface area contributed by atoms with Crippen molar-refractivity contribution in [3.05, 3.63) is 23.4 Å². The maximum atomic E-state index is 12.0. The highest BCUT2D eigenvalue weighted by atomic mass is 35.5. The summed E-state index contributed by atoms with van der Waals surface area (Å²) in [4.78, 5) is 28.9. The van der Waals surface area contributed by atoms with Crippen molar-refractivity contribution in [2.75, 3.05) is 18.5 Å². The van der Waals surface area contributed by atoms with Gasteiger partial charge in [-0.3, -0.25) is 4.79 Å². The smallest absolute Gasteiger partial charge is 0.326 e. The first-order valence-electron chi connectivity index (χ1n) is 6.70. The average molecular weight is 314 g/mol. The highest BCUT2D eigenvalue weighted by Crippen LogP contribution is 2.13. The summed E-state index contributed by atoms with van der Waals surface area (Å²) in [6, 6.07) is 2.49. The second-order valence-electron chi connectivity index (χ2n) is 4.96. The number of rotatable bonds is 7. The predicted octanol–water partition coefficient (Wildman–Crippen LogP) is 1.79. The standard InChI is InChI=1S/C14H20ClN3O3/c1-4-9(2)13(14(20)21)17-12(19)8-18(3)11-6-5-10(15)7-16-11/h5-7,9,13H,4,8H2,1-3H3,(H,17,19)(H,20,21)/t9-,13-/m0/s1. The van der Waals surface area contributed by atoms with Gasteiger partial charge in [0.15, 0.2) is 0 Å². The van der Waals surface area contributed by atoms with Crippen LogP contribution >= 0.6 is 11.6 Å². The van der Waals surface area contributed by atoms with Crippen LogP contribution in [0.3, 0.4) is 0 Å². The fourth-order valence-corrected chi connectivity index (χ4v) is 1.90. The van der Waals surface area contributed by atoms with Crippen molar-refractivity contribution < 1.29 is 14.7 Å². The molecule has 0 fully saturated rings. The normalized spacial score (nSPS) is 13.3. The second-order valence-corrected chi connectivity index (χ2v) is 5.40. The van der Waals surface area contributed by atoms with E-state index < -0.39 is 12.0 Å².